The number of nitrogens with zero attached hydrogens (tertiary/aromatic N) is 2. The van der Waals surface area contributed by atoms with Gasteiger partial charge in [-0.15, -0.1) is 10.2 Å². The van der Waals surface area contributed by atoms with Crippen LogP contribution in [0.2, 0.25) is 0 Å². The molecule has 21 heavy (non-hydrogen) atoms. The molecule has 112 valence electrons. The molecule has 0 radical (unpaired) electrons. The molecule has 1 aromatic heterocycles. The summed E-state index contributed by atoms with van der Waals surface area (Å²) in [5, 5.41) is 11.5. The van der Waals surface area contributed by atoms with E-state index in [2.05, 4.69) is 22.4 Å². The van der Waals surface area contributed by atoms with Gasteiger partial charge in [-0.1, -0.05) is 19.1 Å². The maximum absolute atomic E-state index is 5.85. The monoisotopic (exact) mass is 289 g/mol. The lowest BCUT2D eigenvalue weighted by atomic mass is 10.2. The highest BCUT2D eigenvalue weighted by Crippen LogP contribution is 2.35. The Morgan fingerprint density at radius 3 is 2.90 bits per heavy atom. The third kappa shape index (κ3) is 3.00. The summed E-state index contributed by atoms with van der Waals surface area (Å²) in [4.78, 5) is 0. The zero-order valence-corrected chi connectivity index (χ0v) is 12.2. The van der Waals surface area contributed by atoms with E-state index in [-0.39, 0.29) is 12.1 Å². The molecule has 2 heterocycles. The van der Waals surface area contributed by atoms with Crippen LogP contribution in [0.25, 0.3) is 0 Å². The molecule has 1 aliphatic heterocycles. The van der Waals surface area contributed by atoms with Gasteiger partial charge in [0.15, 0.2) is 11.5 Å². The Morgan fingerprint density at radius 1 is 1.29 bits per heavy atom. The van der Waals surface area contributed by atoms with Crippen LogP contribution in [0.4, 0.5) is 0 Å². The van der Waals surface area contributed by atoms with Gasteiger partial charge in [-0.2, -0.15) is 0 Å². The molecule has 1 N–H and O–H groups in total. The van der Waals surface area contributed by atoms with Crippen molar-refractivity contribution in [2.24, 2.45) is 0 Å². The molecular formula is C15H19N3O3. The first-order valence-corrected chi connectivity index (χ1v) is 7.23. The fraction of sp³-hybridized carbons (Fsp3) is 0.467. The largest absolute Gasteiger partial charge is 0.485 e. The number of para-hydroxylation sites is 2. The molecule has 2 unspecified atom stereocenters. The van der Waals surface area contributed by atoms with Crippen molar-refractivity contribution in [3.63, 3.8) is 0 Å². The molecule has 2 aromatic rings. The van der Waals surface area contributed by atoms with E-state index in [9.17, 15) is 0 Å². The molecule has 0 saturated heterocycles. The van der Waals surface area contributed by atoms with E-state index in [1.165, 1.54) is 0 Å². The van der Waals surface area contributed by atoms with Gasteiger partial charge < -0.3 is 19.2 Å². The molecule has 1 aliphatic rings. The lowest BCUT2D eigenvalue weighted by molar-refractivity contribution is 0.0699. The first-order valence-electron chi connectivity index (χ1n) is 7.23. The van der Waals surface area contributed by atoms with Crippen LogP contribution in [0.15, 0.2) is 28.7 Å². The molecule has 0 fully saturated rings. The van der Waals surface area contributed by atoms with Gasteiger partial charge in [0.05, 0.1) is 6.04 Å². The minimum atomic E-state index is -0.362. The number of ether oxygens (including phenoxy) is 2. The summed E-state index contributed by atoms with van der Waals surface area (Å²) in [6.07, 6.45) is 0.696. The molecule has 0 amide bonds. The maximum atomic E-state index is 5.85. The lowest BCUT2D eigenvalue weighted by Crippen LogP contribution is -2.22. The van der Waals surface area contributed by atoms with Crippen molar-refractivity contribution in [3.8, 4) is 11.5 Å². The molecule has 0 aliphatic carbocycles. The number of hydrogen-bond acceptors (Lipinski definition) is 6. The van der Waals surface area contributed by atoms with E-state index in [0.29, 0.717) is 24.1 Å². The highest BCUT2D eigenvalue weighted by molar-refractivity contribution is 5.40. The summed E-state index contributed by atoms with van der Waals surface area (Å²) in [5.41, 5.74) is 0. The van der Waals surface area contributed by atoms with E-state index in [0.717, 1.165) is 18.7 Å². The molecule has 1 aromatic carbocycles. The zero-order valence-electron chi connectivity index (χ0n) is 12.2. The van der Waals surface area contributed by atoms with E-state index in [1.807, 2.05) is 31.2 Å². The Kier molecular flexibility index (Phi) is 4.06. The summed E-state index contributed by atoms with van der Waals surface area (Å²) in [7, 11) is 0. The predicted molar refractivity (Wildman–Crippen MR) is 76.3 cm³/mol. The van der Waals surface area contributed by atoms with Crippen molar-refractivity contribution in [2.45, 2.75) is 32.4 Å². The fourth-order valence-corrected chi connectivity index (χ4v) is 2.14. The van der Waals surface area contributed by atoms with Crippen molar-refractivity contribution >= 4 is 0 Å². The molecule has 3 rings (SSSR count). The van der Waals surface area contributed by atoms with Crippen LogP contribution in [0.5, 0.6) is 11.5 Å². The summed E-state index contributed by atoms with van der Waals surface area (Å²) < 4.78 is 17.2. The first-order chi connectivity index (χ1) is 10.3. The predicted octanol–water partition coefficient (Wildman–Crippen LogP) is 2.64. The Balaban J connectivity index is 1.70. The molecular weight excluding hydrogens is 270 g/mol. The molecule has 6 heteroatoms. The van der Waals surface area contributed by atoms with Crippen LogP contribution in [0.3, 0.4) is 0 Å². The van der Waals surface area contributed by atoms with E-state index < -0.39 is 0 Å². The van der Waals surface area contributed by atoms with Gasteiger partial charge in [-0.05, 0) is 32.0 Å². The molecule has 6 nitrogen and oxygen atoms in total. The van der Waals surface area contributed by atoms with Crippen molar-refractivity contribution in [3.05, 3.63) is 36.0 Å². The number of hydrogen-bond donors (Lipinski definition) is 1. The topological polar surface area (TPSA) is 69.4 Å². The van der Waals surface area contributed by atoms with Crippen LogP contribution >= 0.6 is 0 Å². The number of benzene rings is 1. The summed E-state index contributed by atoms with van der Waals surface area (Å²) in [6.45, 7) is 5.40. The van der Waals surface area contributed by atoms with E-state index >= 15 is 0 Å². The van der Waals surface area contributed by atoms with Crippen LogP contribution < -0.4 is 14.8 Å². The van der Waals surface area contributed by atoms with Crippen LogP contribution in [-0.2, 0) is 0 Å². The van der Waals surface area contributed by atoms with Gasteiger partial charge in [0, 0.05) is 0 Å². The SMILES string of the molecule is CCCNC(C)c1nnc(C2COc3ccccc3O2)o1. The number of fused-ring (bicyclic) bond motifs is 1. The smallest absolute Gasteiger partial charge is 0.260 e. The van der Waals surface area contributed by atoms with Crippen LogP contribution in [0, 0.1) is 0 Å². The maximum Gasteiger partial charge on any atom is 0.260 e. The number of rotatable bonds is 5. The van der Waals surface area contributed by atoms with Gasteiger partial charge in [0.1, 0.15) is 6.61 Å². The van der Waals surface area contributed by atoms with Crippen molar-refractivity contribution < 1.29 is 13.9 Å². The second-order valence-corrected chi connectivity index (χ2v) is 5.02. The Hall–Kier alpha value is -2.08. The van der Waals surface area contributed by atoms with Crippen molar-refractivity contribution in [1.29, 1.82) is 0 Å². The second-order valence-electron chi connectivity index (χ2n) is 5.02. The highest BCUT2D eigenvalue weighted by Gasteiger charge is 2.27. The first kappa shape index (κ1) is 13.9. The lowest BCUT2D eigenvalue weighted by Gasteiger charge is -2.23. The van der Waals surface area contributed by atoms with Crippen LogP contribution in [-0.4, -0.2) is 23.3 Å². The summed E-state index contributed by atoms with van der Waals surface area (Å²) in [6, 6.07) is 7.59. The third-order valence-electron chi connectivity index (χ3n) is 3.31. The molecule has 0 bridgehead atoms. The Morgan fingerprint density at radius 2 is 2.10 bits per heavy atom. The van der Waals surface area contributed by atoms with Gasteiger partial charge >= 0.3 is 0 Å². The quantitative estimate of drug-likeness (QED) is 0.912. The van der Waals surface area contributed by atoms with Crippen LogP contribution in [0.1, 0.15) is 44.2 Å². The standard InChI is InChI=1S/C15H19N3O3/c1-3-8-16-10(2)14-17-18-15(21-14)13-9-19-11-6-4-5-7-12(11)20-13/h4-7,10,13,16H,3,8-9H2,1-2H3. The van der Waals surface area contributed by atoms with Gasteiger partial charge in [0.25, 0.3) is 5.89 Å². The average Bonchev–Trinajstić information content (AvgIpc) is 3.02. The average molecular weight is 289 g/mol. The summed E-state index contributed by atoms with van der Waals surface area (Å²) >= 11 is 0. The van der Waals surface area contributed by atoms with E-state index in [1.54, 1.807) is 0 Å². The van der Waals surface area contributed by atoms with Gasteiger partial charge in [-0.3, -0.25) is 0 Å². The van der Waals surface area contributed by atoms with Gasteiger partial charge in [0.2, 0.25) is 12.0 Å². The molecule has 0 spiro atoms. The van der Waals surface area contributed by atoms with E-state index in [4.69, 9.17) is 13.9 Å². The fourth-order valence-electron chi connectivity index (χ4n) is 2.14. The van der Waals surface area contributed by atoms with Gasteiger partial charge in [-0.25, -0.2) is 0 Å². The zero-order chi connectivity index (χ0) is 14.7. The van der Waals surface area contributed by atoms with Crippen molar-refractivity contribution in [2.75, 3.05) is 13.2 Å². The minimum Gasteiger partial charge on any atom is -0.485 e. The second kappa shape index (κ2) is 6.13. The van der Waals surface area contributed by atoms with Crippen molar-refractivity contribution in [1.82, 2.24) is 15.5 Å². The third-order valence-corrected chi connectivity index (χ3v) is 3.31. The summed E-state index contributed by atoms with van der Waals surface area (Å²) in [5.74, 6) is 2.46. The molecule has 0 saturated carbocycles. The Bertz CT molecular complexity index is 599. The normalized spacial score (nSPS) is 18.5. The highest BCUT2D eigenvalue weighted by atomic mass is 16.6. The minimum absolute atomic E-state index is 0.0306. The molecule has 2 atom stereocenters. The number of nitrogens with one attached hydrogen (secondary N) is 1. The Labute approximate surface area is 123 Å². The number of aromatic nitrogens is 2.